The summed E-state index contributed by atoms with van der Waals surface area (Å²) in [5, 5.41) is 0.677. The van der Waals surface area contributed by atoms with Gasteiger partial charge in [0.2, 0.25) is 5.95 Å². The Hall–Kier alpha value is -3.02. The van der Waals surface area contributed by atoms with Gasteiger partial charge in [0.05, 0.1) is 17.0 Å². The molecule has 1 aliphatic rings. The number of aromatic nitrogens is 2. The van der Waals surface area contributed by atoms with E-state index in [9.17, 15) is 0 Å². The predicted molar refractivity (Wildman–Crippen MR) is 93.1 cm³/mol. The maximum Gasteiger partial charge on any atom is 0.222 e. The fourth-order valence-electron chi connectivity index (χ4n) is 2.69. The molecule has 1 aliphatic carbocycles. The summed E-state index contributed by atoms with van der Waals surface area (Å²) < 4.78 is 12.0. The summed E-state index contributed by atoms with van der Waals surface area (Å²) >= 11 is 0. The molecule has 6 nitrogen and oxygen atoms in total. The minimum atomic E-state index is 0.131. The quantitative estimate of drug-likeness (QED) is 0.763. The monoisotopic (exact) mass is 322 g/mol. The number of hydrogen-bond donors (Lipinski definition) is 2. The first kappa shape index (κ1) is 14.6. The third-order valence-electron chi connectivity index (χ3n) is 4.11. The molecule has 1 saturated carbocycles. The van der Waals surface area contributed by atoms with Crippen molar-refractivity contribution < 1.29 is 9.47 Å². The average molecular weight is 322 g/mol. The molecule has 1 fully saturated rings. The van der Waals surface area contributed by atoms with Crippen molar-refractivity contribution in [3.05, 3.63) is 42.5 Å². The number of ether oxygens (including phenoxy) is 2. The molecule has 0 atom stereocenters. The number of rotatable bonds is 4. The fourth-order valence-corrected chi connectivity index (χ4v) is 2.69. The highest BCUT2D eigenvalue weighted by Crippen LogP contribution is 2.38. The van der Waals surface area contributed by atoms with E-state index in [-0.39, 0.29) is 12.1 Å². The van der Waals surface area contributed by atoms with Crippen LogP contribution in [0.2, 0.25) is 0 Å². The van der Waals surface area contributed by atoms with Gasteiger partial charge in [-0.05, 0) is 31.4 Å². The number of fused-ring (bicyclic) bond motifs is 1. The number of benzene rings is 2. The van der Waals surface area contributed by atoms with Crippen molar-refractivity contribution in [2.45, 2.75) is 25.4 Å². The highest BCUT2D eigenvalue weighted by Gasteiger charge is 2.22. The van der Waals surface area contributed by atoms with Crippen molar-refractivity contribution >= 4 is 22.7 Å². The zero-order valence-electron chi connectivity index (χ0n) is 13.1. The summed E-state index contributed by atoms with van der Waals surface area (Å²) in [5.74, 6) is 2.45. The molecule has 4 rings (SSSR count). The smallest absolute Gasteiger partial charge is 0.222 e. The lowest BCUT2D eigenvalue weighted by Gasteiger charge is -2.27. The van der Waals surface area contributed by atoms with Gasteiger partial charge in [-0.2, -0.15) is 4.98 Å². The largest absolute Gasteiger partial charge is 0.489 e. The highest BCUT2D eigenvalue weighted by molar-refractivity contribution is 5.95. The Morgan fingerprint density at radius 1 is 0.958 bits per heavy atom. The Balaban J connectivity index is 1.79. The lowest BCUT2D eigenvalue weighted by atomic mass is 9.96. The molecule has 0 amide bonds. The van der Waals surface area contributed by atoms with Gasteiger partial charge in [0.15, 0.2) is 0 Å². The van der Waals surface area contributed by atoms with Gasteiger partial charge in [0.1, 0.15) is 23.1 Å². The van der Waals surface area contributed by atoms with Crippen LogP contribution in [0, 0.1) is 0 Å². The van der Waals surface area contributed by atoms with E-state index < -0.39 is 0 Å². The standard InChI is InChI=1S/C18H18N4O2/c19-17-16-14(21-18(20)22-17)9-13(23-11-5-2-1-3-6-11)10-15(16)24-12-7-4-8-12/h1-3,5-6,9-10,12H,4,7-8H2,(H4,19,20,21,22). The predicted octanol–water partition coefficient (Wildman–Crippen LogP) is 3.52. The van der Waals surface area contributed by atoms with Crippen LogP contribution in [0.15, 0.2) is 42.5 Å². The van der Waals surface area contributed by atoms with Crippen molar-refractivity contribution in [2.24, 2.45) is 0 Å². The van der Waals surface area contributed by atoms with Gasteiger partial charge in [-0.3, -0.25) is 0 Å². The second-order valence-corrected chi connectivity index (χ2v) is 5.87. The van der Waals surface area contributed by atoms with Crippen molar-refractivity contribution in [1.82, 2.24) is 9.97 Å². The zero-order chi connectivity index (χ0) is 16.5. The van der Waals surface area contributed by atoms with Gasteiger partial charge >= 0.3 is 0 Å². The lowest BCUT2D eigenvalue weighted by molar-refractivity contribution is 0.122. The zero-order valence-corrected chi connectivity index (χ0v) is 13.1. The van der Waals surface area contributed by atoms with Crippen molar-refractivity contribution in [3.63, 3.8) is 0 Å². The van der Waals surface area contributed by atoms with Gasteiger partial charge in [-0.15, -0.1) is 0 Å². The molecule has 4 N–H and O–H groups in total. The van der Waals surface area contributed by atoms with Crippen molar-refractivity contribution in [1.29, 1.82) is 0 Å². The van der Waals surface area contributed by atoms with Crippen LogP contribution >= 0.6 is 0 Å². The average Bonchev–Trinajstić information content (AvgIpc) is 2.51. The molecule has 1 aromatic heterocycles. The number of para-hydroxylation sites is 1. The molecule has 1 heterocycles. The molecular weight excluding hydrogens is 304 g/mol. The van der Waals surface area contributed by atoms with Gasteiger partial charge in [-0.1, -0.05) is 18.2 Å². The van der Waals surface area contributed by atoms with Crippen LogP contribution in [0.3, 0.4) is 0 Å². The van der Waals surface area contributed by atoms with Crippen LogP contribution in [0.5, 0.6) is 17.2 Å². The van der Waals surface area contributed by atoms with Crippen LogP contribution in [-0.4, -0.2) is 16.1 Å². The van der Waals surface area contributed by atoms with E-state index in [0.717, 1.165) is 18.6 Å². The topological polar surface area (TPSA) is 96.3 Å². The first-order chi connectivity index (χ1) is 11.7. The molecule has 122 valence electrons. The first-order valence-corrected chi connectivity index (χ1v) is 7.95. The van der Waals surface area contributed by atoms with E-state index >= 15 is 0 Å². The van der Waals surface area contributed by atoms with E-state index in [4.69, 9.17) is 20.9 Å². The minimum Gasteiger partial charge on any atom is -0.489 e. The van der Waals surface area contributed by atoms with E-state index in [1.807, 2.05) is 36.4 Å². The summed E-state index contributed by atoms with van der Waals surface area (Å²) in [5.41, 5.74) is 12.4. The summed E-state index contributed by atoms with van der Waals surface area (Å²) in [6.07, 6.45) is 3.47. The number of nitrogens with two attached hydrogens (primary N) is 2. The van der Waals surface area contributed by atoms with Crippen molar-refractivity contribution in [2.75, 3.05) is 11.5 Å². The van der Waals surface area contributed by atoms with E-state index in [2.05, 4.69) is 9.97 Å². The minimum absolute atomic E-state index is 0.131. The summed E-state index contributed by atoms with van der Waals surface area (Å²) in [4.78, 5) is 8.33. The number of anilines is 2. The Kier molecular flexibility index (Phi) is 3.57. The van der Waals surface area contributed by atoms with Crippen molar-refractivity contribution in [3.8, 4) is 17.2 Å². The Bertz CT molecular complexity index is 879. The molecule has 0 unspecified atom stereocenters. The summed E-state index contributed by atoms with van der Waals surface area (Å²) in [7, 11) is 0. The highest BCUT2D eigenvalue weighted by atomic mass is 16.5. The lowest BCUT2D eigenvalue weighted by Crippen LogP contribution is -2.24. The molecule has 3 aromatic rings. The van der Waals surface area contributed by atoms with E-state index in [0.29, 0.717) is 28.2 Å². The molecule has 0 saturated heterocycles. The Morgan fingerprint density at radius 3 is 2.46 bits per heavy atom. The molecular formula is C18H18N4O2. The van der Waals surface area contributed by atoms with E-state index in [1.165, 1.54) is 6.42 Å². The SMILES string of the molecule is Nc1nc(N)c2c(OC3CCC3)cc(Oc3ccccc3)cc2n1. The Morgan fingerprint density at radius 2 is 1.75 bits per heavy atom. The normalized spacial score (nSPS) is 14.3. The molecule has 0 bridgehead atoms. The van der Waals surface area contributed by atoms with Crippen LogP contribution in [0.1, 0.15) is 19.3 Å². The van der Waals surface area contributed by atoms with Gasteiger partial charge < -0.3 is 20.9 Å². The molecule has 2 aromatic carbocycles. The van der Waals surface area contributed by atoms with Crippen LogP contribution in [-0.2, 0) is 0 Å². The maximum absolute atomic E-state index is 6.08. The summed E-state index contributed by atoms with van der Waals surface area (Å²) in [6, 6.07) is 13.2. The Labute approximate surface area is 139 Å². The van der Waals surface area contributed by atoms with Gasteiger partial charge in [0.25, 0.3) is 0 Å². The molecule has 6 heteroatoms. The number of hydrogen-bond acceptors (Lipinski definition) is 6. The maximum atomic E-state index is 6.08. The first-order valence-electron chi connectivity index (χ1n) is 7.95. The molecule has 0 spiro atoms. The van der Waals surface area contributed by atoms with Gasteiger partial charge in [-0.25, -0.2) is 4.98 Å². The van der Waals surface area contributed by atoms with E-state index in [1.54, 1.807) is 6.07 Å². The van der Waals surface area contributed by atoms with Gasteiger partial charge in [0, 0.05) is 12.1 Å². The second kappa shape index (κ2) is 5.88. The molecule has 0 radical (unpaired) electrons. The molecule has 0 aliphatic heterocycles. The summed E-state index contributed by atoms with van der Waals surface area (Å²) in [6.45, 7) is 0. The number of nitrogens with zero attached hydrogens (tertiary/aromatic N) is 2. The number of nitrogen functional groups attached to an aromatic ring is 2. The second-order valence-electron chi connectivity index (χ2n) is 5.87. The third kappa shape index (κ3) is 2.78. The third-order valence-corrected chi connectivity index (χ3v) is 4.11. The van der Waals surface area contributed by atoms with Crippen LogP contribution < -0.4 is 20.9 Å². The van der Waals surface area contributed by atoms with Crippen LogP contribution in [0.4, 0.5) is 11.8 Å². The molecule has 24 heavy (non-hydrogen) atoms. The van der Waals surface area contributed by atoms with Crippen LogP contribution in [0.25, 0.3) is 10.9 Å². The fraction of sp³-hybridized carbons (Fsp3) is 0.222.